The van der Waals surface area contributed by atoms with E-state index >= 15 is 0 Å². The van der Waals surface area contributed by atoms with Gasteiger partial charge < -0.3 is 28.8 Å². The lowest BCUT2D eigenvalue weighted by atomic mass is 9.85. The number of H-pyrrole nitrogens is 1. The number of aromatic amines is 1. The highest BCUT2D eigenvalue weighted by Crippen LogP contribution is 2.45. The van der Waals surface area contributed by atoms with Crippen LogP contribution in [0.25, 0.3) is 10.9 Å². The van der Waals surface area contributed by atoms with E-state index in [2.05, 4.69) is 16.0 Å². The van der Waals surface area contributed by atoms with Crippen LogP contribution in [-0.2, 0) is 22.6 Å². The Morgan fingerprint density at radius 3 is 2.73 bits per heavy atom. The molecule has 0 radical (unpaired) electrons. The number of aryl methyl sites for hydroxylation is 1. The molecule has 1 N–H and O–H groups in total. The van der Waals surface area contributed by atoms with Crippen LogP contribution < -0.4 is 9.47 Å². The summed E-state index contributed by atoms with van der Waals surface area (Å²) in [6, 6.07) is 12.6. The van der Waals surface area contributed by atoms with E-state index in [9.17, 15) is 9.59 Å². The molecule has 0 bridgehead atoms. The number of piperazine rings is 1. The SMILES string of the molecule is COc1ccc(OC)c([C@H]2c3[nH]c4ccccc4c3C[C@H]3C(=O)N(CCCn4ccnc4)CC(=O)N23)c1. The van der Waals surface area contributed by atoms with E-state index in [0.717, 1.165) is 40.7 Å². The predicted molar refractivity (Wildman–Crippen MR) is 137 cm³/mol. The summed E-state index contributed by atoms with van der Waals surface area (Å²) in [6.07, 6.45) is 6.60. The molecule has 0 spiro atoms. The van der Waals surface area contributed by atoms with Crippen LogP contribution in [0.3, 0.4) is 0 Å². The monoisotopic (exact) mass is 499 g/mol. The Labute approximate surface area is 214 Å². The number of carbonyl (C=O) groups excluding carboxylic acids is 2. The second-order valence-electron chi connectivity index (χ2n) is 9.51. The minimum atomic E-state index is -0.595. The zero-order valence-electron chi connectivity index (χ0n) is 20.9. The van der Waals surface area contributed by atoms with Gasteiger partial charge in [0.2, 0.25) is 11.8 Å². The lowest BCUT2D eigenvalue weighted by molar-refractivity contribution is -0.158. The fourth-order valence-corrected chi connectivity index (χ4v) is 5.75. The molecule has 1 saturated heterocycles. The van der Waals surface area contributed by atoms with Gasteiger partial charge in [0.1, 0.15) is 23.6 Å². The molecule has 4 aromatic rings. The Hall–Kier alpha value is -4.27. The first kappa shape index (κ1) is 23.1. The lowest BCUT2D eigenvalue weighted by Gasteiger charge is -2.47. The zero-order valence-corrected chi connectivity index (χ0v) is 20.9. The summed E-state index contributed by atoms with van der Waals surface area (Å²) in [5.41, 5.74) is 3.75. The van der Waals surface area contributed by atoms with Crippen molar-refractivity contribution < 1.29 is 19.1 Å². The van der Waals surface area contributed by atoms with Crippen molar-refractivity contribution in [3.63, 3.8) is 0 Å². The fraction of sp³-hybridized carbons (Fsp3) is 0.321. The van der Waals surface area contributed by atoms with Crippen molar-refractivity contribution in [3.05, 3.63) is 78.0 Å². The molecule has 2 atom stereocenters. The van der Waals surface area contributed by atoms with Crippen LogP contribution in [0.15, 0.2) is 61.2 Å². The van der Waals surface area contributed by atoms with E-state index in [1.807, 2.05) is 47.2 Å². The molecule has 2 aliphatic heterocycles. The maximum Gasteiger partial charge on any atom is 0.246 e. The quantitative estimate of drug-likeness (QED) is 0.422. The summed E-state index contributed by atoms with van der Waals surface area (Å²) in [5, 5.41) is 1.07. The summed E-state index contributed by atoms with van der Waals surface area (Å²) >= 11 is 0. The van der Waals surface area contributed by atoms with E-state index in [1.165, 1.54) is 0 Å². The first-order valence-electron chi connectivity index (χ1n) is 12.5. The van der Waals surface area contributed by atoms with Gasteiger partial charge in [0.05, 0.1) is 27.1 Å². The molecule has 4 heterocycles. The third kappa shape index (κ3) is 3.91. The number of benzene rings is 2. The van der Waals surface area contributed by atoms with Gasteiger partial charge in [-0.3, -0.25) is 9.59 Å². The second kappa shape index (κ2) is 9.31. The average Bonchev–Trinajstić information content (AvgIpc) is 3.57. The highest BCUT2D eigenvalue weighted by Gasteiger charge is 2.48. The molecule has 2 aromatic heterocycles. The van der Waals surface area contributed by atoms with Crippen LogP contribution in [0.2, 0.25) is 0 Å². The highest BCUT2D eigenvalue weighted by molar-refractivity contribution is 5.97. The number of carbonyl (C=O) groups is 2. The van der Waals surface area contributed by atoms with E-state index in [0.29, 0.717) is 24.5 Å². The fourth-order valence-electron chi connectivity index (χ4n) is 5.75. The molecule has 2 aliphatic rings. The minimum Gasteiger partial charge on any atom is -0.497 e. The van der Waals surface area contributed by atoms with Crippen molar-refractivity contribution in [2.24, 2.45) is 0 Å². The number of fused-ring (bicyclic) bond motifs is 4. The number of hydrogen-bond acceptors (Lipinski definition) is 5. The van der Waals surface area contributed by atoms with Crippen molar-refractivity contribution in [1.29, 1.82) is 0 Å². The number of nitrogens with one attached hydrogen (secondary N) is 1. The van der Waals surface area contributed by atoms with Gasteiger partial charge in [0.15, 0.2) is 0 Å². The molecule has 190 valence electrons. The van der Waals surface area contributed by atoms with Gasteiger partial charge >= 0.3 is 0 Å². The van der Waals surface area contributed by atoms with Crippen molar-refractivity contribution in [2.75, 3.05) is 27.3 Å². The summed E-state index contributed by atoms with van der Waals surface area (Å²) in [7, 11) is 3.23. The number of nitrogens with zero attached hydrogens (tertiary/aromatic N) is 4. The van der Waals surface area contributed by atoms with Crippen molar-refractivity contribution in [2.45, 2.75) is 31.5 Å². The van der Waals surface area contributed by atoms with Gasteiger partial charge in [0.25, 0.3) is 0 Å². The average molecular weight is 500 g/mol. The van der Waals surface area contributed by atoms with Crippen LogP contribution >= 0.6 is 0 Å². The van der Waals surface area contributed by atoms with E-state index in [4.69, 9.17) is 9.47 Å². The first-order valence-corrected chi connectivity index (χ1v) is 12.5. The van der Waals surface area contributed by atoms with Gasteiger partial charge in [0, 0.05) is 54.1 Å². The molecule has 6 rings (SSSR count). The number of para-hydroxylation sites is 1. The van der Waals surface area contributed by atoms with E-state index < -0.39 is 12.1 Å². The summed E-state index contributed by atoms with van der Waals surface area (Å²) < 4.78 is 13.2. The molecule has 37 heavy (non-hydrogen) atoms. The number of methoxy groups -OCH3 is 2. The molecule has 0 aliphatic carbocycles. The molecule has 9 nitrogen and oxygen atoms in total. The molecule has 0 unspecified atom stereocenters. The zero-order chi connectivity index (χ0) is 25.5. The van der Waals surface area contributed by atoms with Crippen molar-refractivity contribution in [1.82, 2.24) is 24.3 Å². The number of rotatable bonds is 7. The normalized spacial score (nSPS) is 19.2. The summed E-state index contributed by atoms with van der Waals surface area (Å²) in [6.45, 7) is 1.31. The van der Waals surface area contributed by atoms with Gasteiger partial charge in [-0.15, -0.1) is 0 Å². The largest absolute Gasteiger partial charge is 0.497 e. The molecular weight excluding hydrogens is 470 g/mol. The van der Waals surface area contributed by atoms with Crippen molar-refractivity contribution in [3.8, 4) is 11.5 Å². The van der Waals surface area contributed by atoms with Crippen LogP contribution in [0.5, 0.6) is 11.5 Å². The highest BCUT2D eigenvalue weighted by atomic mass is 16.5. The maximum atomic E-state index is 13.9. The minimum absolute atomic E-state index is 0.0203. The van der Waals surface area contributed by atoms with Gasteiger partial charge in [-0.1, -0.05) is 18.2 Å². The van der Waals surface area contributed by atoms with Crippen molar-refractivity contribution >= 4 is 22.7 Å². The number of hydrogen-bond donors (Lipinski definition) is 1. The van der Waals surface area contributed by atoms with Gasteiger partial charge in [-0.05, 0) is 36.2 Å². The standard InChI is InChI=1S/C28H29N5O4/c1-36-18-8-9-24(37-2)21(14-18)27-26-20(19-6-3-4-7-22(19)30-26)15-23-28(35)32(16-25(34)33(23)27)12-5-11-31-13-10-29-17-31/h3-4,6-10,13-14,17,23,27,30H,5,11-12,15-16H2,1-2H3/t23-,27-/m0/s1. The van der Waals surface area contributed by atoms with E-state index in [-0.39, 0.29) is 18.4 Å². The number of aromatic nitrogens is 3. The van der Waals surface area contributed by atoms with Gasteiger partial charge in [-0.2, -0.15) is 0 Å². The molecule has 2 aromatic carbocycles. The molecule has 0 saturated carbocycles. The van der Waals surface area contributed by atoms with E-state index in [1.54, 1.807) is 36.5 Å². The Bertz CT molecular complexity index is 1460. The van der Waals surface area contributed by atoms with Crippen LogP contribution in [-0.4, -0.2) is 69.5 Å². The Balaban J connectivity index is 1.41. The Morgan fingerprint density at radius 1 is 1.08 bits per heavy atom. The van der Waals surface area contributed by atoms with Crippen LogP contribution in [0.1, 0.15) is 29.3 Å². The Kier molecular flexibility index (Phi) is 5.82. The first-order chi connectivity index (χ1) is 18.1. The second-order valence-corrected chi connectivity index (χ2v) is 9.51. The molecule has 9 heteroatoms. The lowest BCUT2D eigenvalue weighted by Crippen LogP contribution is -2.63. The third-order valence-corrected chi connectivity index (χ3v) is 7.48. The van der Waals surface area contributed by atoms with Gasteiger partial charge in [-0.25, -0.2) is 4.98 Å². The van der Waals surface area contributed by atoms with Crippen LogP contribution in [0, 0.1) is 0 Å². The Morgan fingerprint density at radius 2 is 1.95 bits per heavy atom. The summed E-state index contributed by atoms with van der Waals surface area (Å²) in [5.74, 6) is 1.20. The number of ether oxygens (including phenoxy) is 2. The predicted octanol–water partition coefficient (Wildman–Crippen LogP) is 3.16. The molecular formula is C28H29N5O4. The maximum absolute atomic E-state index is 13.9. The number of amides is 2. The van der Waals surface area contributed by atoms with Crippen LogP contribution in [0.4, 0.5) is 0 Å². The third-order valence-electron chi connectivity index (χ3n) is 7.48. The number of imidazole rings is 1. The molecule has 2 amide bonds. The summed E-state index contributed by atoms with van der Waals surface area (Å²) in [4.78, 5) is 38.7. The topological polar surface area (TPSA) is 92.7 Å². The molecule has 1 fully saturated rings. The smallest absolute Gasteiger partial charge is 0.246 e.